The van der Waals surface area contributed by atoms with E-state index in [4.69, 9.17) is 9.72 Å². The third-order valence-electron chi connectivity index (χ3n) is 7.61. The van der Waals surface area contributed by atoms with Gasteiger partial charge in [0.15, 0.2) is 5.82 Å². The molecule has 0 atom stereocenters. The standard InChI is InChI=1S/C30H29N7O/c1-3-36-13-15-37(16-14-36)21-6-9-27-28(18-21)35(2)30(32-27)29-24-19-23(8-11-26(24)33-34-29)38-22-7-10-25-20(17-22)5-4-12-31-25/h4-12,17-19H,3,13-16H2,1-2H3,(H,33,34). The molecule has 1 aliphatic heterocycles. The van der Waals surface area contributed by atoms with Crippen molar-refractivity contribution in [2.45, 2.75) is 6.92 Å². The molecule has 0 radical (unpaired) electrons. The fourth-order valence-corrected chi connectivity index (χ4v) is 5.39. The molecular formula is C30H29N7O. The van der Waals surface area contributed by atoms with Gasteiger partial charge in [-0.2, -0.15) is 5.10 Å². The van der Waals surface area contributed by atoms with Gasteiger partial charge in [0.05, 0.1) is 22.1 Å². The van der Waals surface area contributed by atoms with Crippen molar-refractivity contribution in [3.05, 3.63) is 72.9 Å². The maximum atomic E-state index is 6.24. The van der Waals surface area contributed by atoms with Crippen LogP contribution in [0.15, 0.2) is 72.9 Å². The summed E-state index contributed by atoms with van der Waals surface area (Å²) in [5.74, 6) is 2.34. The Balaban J connectivity index is 1.22. The lowest BCUT2D eigenvalue weighted by Crippen LogP contribution is -2.46. The summed E-state index contributed by atoms with van der Waals surface area (Å²) in [5.41, 5.74) is 6.01. The maximum Gasteiger partial charge on any atom is 0.162 e. The van der Waals surface area contributed by atoms with E-state index in [9.17, 15) is 0 Å². The van der Waals surface area contributed by atoms with Gasteiger partial charge in [0.2, 0.25) is 0 Å². The first-order valence-corrected chi connectivity index (χ1v) is 13.1. The number of likely N-dealkylation sites (N-methyl/N-ethyl adjacent to an activating group) is 1. The monoisotopic (exact) mass is 503 g/mol. The minimum atomic E-state index is 0.746. The molecule has 1 fully saturated rings. The van der Waals surface area contributed by atoms with Gasteiger partial charge >= 0.3 is 0 Å². The highest BCUT2D eigenvalue weighted by molar-refractivity contribution is 5.94. The lowest BCUT2D eigenvalue weighted by Gasteiger charge is -2.35. The molecule has 0 amide bonds. The SMILES string of the molecule is CCN1CCN(c2ccc3nc(-c4n[nH]c5ccc(Oc6ccc7ncccc7c6)cc45)n(C)c3c2)CC1. The number of anilines is 1. The average Bonchev–Trinajstić information content (AvgIpc) is 3.53. The fourth-order valence-electron chi connectivity index (χ4n) is 5.39. The van der Waals surface area contributed by atoms with E-state index in [0.29, 0.717) is 0 Å². The zero-order valence-electron chi connectivity index (χ0n) is 21.6. The van der Waals surface area contributed by atoms with Crippen molar-refractivity contribution >= 4 is 38.5 Å². The van der Waals surface area contributed by atoms with Gasteiger partial charge in [-0.25, -0.2) is 4.98 Å². The van der Waals surface area contributed by atoms with Crippen LogP contribution < -0.4 is 9.64 Å². The molecule has 0 aliphatic carbocycles. The van der Waals surface area contributed by atoms with Gasteiger partial charge in [0.25, 0.3) is 0 Å². The van der Waals surface area contributed by atoms with Crippen LogP contribution in [-0.2, 0) is 7.05 Å². The summed E-state index contributed by atoms with van der Waals surface area (Å²) in [6.07, 6.45) is 1.80. The summed E-state index contributed by atoms with van der Waals surface area (Å²) in [6.45, 7) is 7.64. The number of nitrogens with one attached hydrogen (secondary N) is 1. The van der Waals surface area contributed by atoms with E-state index < -0.39 is 0 Å². The minimum Gasteiger partial charge on any atom is -0.457 e. The molecule has 3 aromatic heterocycles. The van der Waals surface area contributed by atoms with Gasteiger partial charge in [0, 0.05) is 55.9 Å². The number of aromatic nitrogens is 5. The van der Waals surface area contributed by atoms with E-state index in [2.05, 4.69) is 61.7 Å². The molecule has 4 heterocycles. The number of nitrogens with zero attached hydrogens (tertiary/aromatic N) is 6. The Labute approximate surface area is 220 Å². The molecular weight excluding hydrogens is 474 g/mol. The van der Waals surface area contributed by atoms with Crippen LogP contribution in [0.25, 0.3) is 44.4 Å². The maximum absolute atomic E-state index is 6.24. The van der Waals surface area contributed by atoms with E-state index in [0.717, 1.165) is 88.6 Å². The third-order valence-corrected chi connectivity index (χ3v) is 7.61. The number of pyridine rings is 1. The van der Waals surface area contributed by atoms with E-state index in [1.54, 1.807) is 6.20 Å². The molecule has 6 aromatic rings. The number of aromatic amines is 1. The number of H-pyrrole nitrogens is 1. The number of fused-ring (bicyclic) bond motifs is 3. The van der Waals surface area contributed by atoms with Crippen LogP contribution in [0, 0.1) is 0 Å². The topological polar surface area (TPSA) is 75.1 Å². The highest BCUT2D eigenvalue weighted by Crippen LogP contribution is 2.33. The first kappa shape index (κ1) is 22.7. The molecule has 38 heavy (non-hydrogen) atoms. The van der Waals surface area contributed by atoms with Gasteiger partial charge in [-0.15, -0.1) is 0 Å². The Kier molecular flexibility index (Phi) is 5.47. The zero-order chi connectivity index (χ0) is 25.6. The molecule has 1 aliphatic rings. The average molecular weight is 504 g/mol. The van der Waals surface area contributed by atoms with Crippen molar-refractivity contribution in [1.82, 2.24) is 29.6 Å². The highest BCUT2D eigenvalue weighted by Gasteiger charge is 2.20. The molecule has 0 unspecified atom stereocenters. The van der Waals surface area contributed by atoms with E-state index in [-0.39, 0.29) is 0 Å². The summed E-state index contributed by atoms with van der Waals surface area (Å²) >= 11 is 0. The lowest BCUT2D eigenvalue weighted by molar-refractivity contribution is 0.271. The van der Waals surface area contributed by atoms with Gasteiger partial charge in [-0.05, 0) is 67.2 Å². The van der Waals surface area contributed by atoms with Crippen LogP contribution in [0.3, 0.4) is 0 Å². The molecule has 7 rings (SSSR count). The van der Waals surface area contributed by atoms with E-state index >= 15 is 0 Å². The van der Waals surface area contributed by atoms with Crippen LogP contribution in [0.2, 0.25) is 0 Å². The van der Waals surface area contributed by atoms with Crippen molar-refractivity contribution in [3.8, 4) is 23.0 Å². The lowest BCUT2D eigenvalue weighted by atomic mass is 10.2. The molecule has 0 bridgehead atoms. The molecule has 1 N–H and O–H groups in total. The molecule has 190 valence electrons. The second kappa shape index (κ2) is 9.15. The number of benzene rings is 3. The van der Waals surface area contributed by atoms with Crippen molar-refractivity contribution < 1.29 is 4.74 Å². The molecule has 0 spiro atoms. The van der Waals surface area contributed by atoms with Gasteiger partial charge in [-0.1, -0.05) is 13.0 Å². The molecule has 3 aromatic carbocycles. The first-order valence-electron chi connectivity index (χ1n) is 13.1. The van der Waals surface area contributed by atoms with Crippen LogP contribution in [0.5, 0.6) is 11.5 Å². The number of hydrogen-bond acceptors (Lipinski definition) is 6. The Bertz CT molecular complexity index is 1780. The van der Waals surface area contributed by atoms with Gasteiger partial charge < -0.3 is 19.1 Å². The van der Waals surface area contributed by atoms with Gasteiger partial charge in [-0.3, -0.25) is 10.1 Å². The van der Waals surface area contributed by atoms with Crippen LogP contribution in [-0.4, -0.2) is 62.4 Å². The second-order valence-electron chi connectivity index (χ2n) is 9.83. The molecule has 8 nitrogen and oxygen atoms in total. The molecule has 1 saturated heterocycles. The predicted octanol–water partition coefficient (Wildman–Crippen LogP) is 5.60. The normalized spacial score (nSPS) is 14.6. The number of hydrogen-bond donors (Lipinski definition) is 1. The van der Waals surface area contributed by atoms with Crippen LogP contribution in [0.4, 0.5) is 5.69 Å². The molecule has 0 saturated carbocycles. The quantitative estimate of drug-likeness (QED) is 0.330. The minimum absolute atomic E-state index is 0.746. The van der Waals surface area contributed by atoms with Crippen molar-refractivity contribution in [2.75, 3.05) is 37.6 Å². The van der Waals surface area contributed by atoms with Crippen molar-refractivity contribution in [3.63, 3.8) is 0 Å². The van der Waals surface area contributed by atoms with Crippen molar-refractivity contribution in [1.29, 1.82) is 0 Å². The number of imidazole rings is 1. The highest BCUT2D eigenvalue weighted by atomic mass is 16.5. The number of ether oxygens (including phenoxy) is 1. The zero-order valence-corrected chi connectivity index (χ0v) is 21.6. The largest absolute Gasteiger partial charge is 0.457 e. The summed E-state index contributed by atoms with van der Waals surface area (Å²) in [4.78, 5) is 14.3. The Morgan fingerprint density at radius 1 is 0.895 bits per heavy atom. The Morgan fingerprint density at radius 2 is 1.71 bits per heavy atom. The van der Waals surface area contributed by atoms with Crippen molar-refractivity contribution in [2.24, 2.45) is 7.05 Å². The fraction of sp³-hybridized carbons (Fsp3) is 0.233. The van der Waals surface area contributed by atoms with E-state index in [1.165, 1.54) is 5.69 Å². The predicted molar refractivity (Wildman–Crippen MR) is 152 cm³/mol. The van der Waals surface area contributed by atoms with Gasteiger partial charge in [0.1, 0.15) is 17.2 Å². The first-order chi connectivity index (χ1) is 18.7. The third kappa shape index (κ3) is 3.94. The smallest absolute Gasteiger partial charge is 0.162 e. The summed E-state index contributed by atoms with van der Waals surface area (Å²) in [6, 6.07) is 22.4. The number of aryl methyl sites for hydroxylation is 1. The number of rotatable bonds is 5. The summed E-state index contributed by atoms with van der Waals surface area (Å²) in [5, 5.41) is 9.83. The Morgan fingerprint density at radius 3 is 2.58 bits per heavy atom. The molecule has 8 heteroatoms. The second-order valence-corrected chi connectivity index (χ2v) is 9.83. The number of piperazine rings is 1. The Hall–Kier alpha value is -4.43. The van der Waals surface area contributed by atoms with Crippen LogP contribution >= 0.6 is 0 Å². The summed E-state index contributed by atoms with van der Waals surface area (Å²) in [7, 11) is 2.06. The summed E-state index contributed by atoms with van der Waals surface area (Å²) < 4.78 is 8.38. The van der Waals surface area contributed by atoms with E-state index in [1.807, 2.05) is 48.5 Å². The van der Waals surface area contributed by atoms with Crippen LogP contribution in [0.1, 0.15) is 6.92 Å².